The number of nitrogens with zero attached hydrogens (tertiary/aromatic N) is 2. The Hall–Kier alpha value is -2.71. The van der Waals surface area contributed by atoms with Crippen molar-refractivity contribution >= 4 is 27.5 Å². The topological polar surface area (TPSA) is 86.8 Å². The Morgan fingerprint density at radius 3 is 2.23 bits per heavy atom. The smallest absolute Gasteiger partial charge is 0.247 e. The van der Waals surface area contributed by atoms with Crippen LogP contribution >= 0.6 is 0 Å². The van der Waals surface area contributed by atoms with Gasteiger partial charge in [0.15, 0.2) is 0 Å². The molecule has 0 spiro atoms. The molecule has 0 radical (unpaired) electrons. The summed E-state index contributed by atoms with van der Waals surface area (Å²) >= 11 is 0. The summed E-state index contributed by atoms with van der Waals surface area (Å²) in [6.07, 6.45) is 5.04. The van der Waals surface area contributed by atoms with Crippen molar-refractivity contribution in [2.45, 2.75) is 76.3 Å². The minimum absolute atomic E-state index is 0.0354. The number of sulfonamides is 1. The molecule has 0 bridgehead atoms. The van der Waals surface area contributed by atoms with Crippen LogP contribution in [0.2, 0.25) is 0 Å². The van der Waals surface area contributed by atoms with E-state index >= 15 is 0 Å². The van der Waals surface area contributed by atoms with E-state index in [4.69, 9.17) is 0 Å². The first-order chi connectivity index (χ1) is 16.5. The fraction of sp³-hybridized carbons (Fsp3) is 0.481. The Bertz CT molecular complexity index is 1220. The summed E-state index contributed by atoms with van der Waals surface area (Å²) in [4.78, 5) is 29.1. The third-order valence-corrected chi connectivity index (χ3v) is 9.03. The van der Waals surface area contributed by atoms with Gasteiger partial charge in [-0.05, 0) is 64.3 Å². The molecule has 1 atom stereocenters. The van der Waals surface area contributed by atoms with E-state index in [9.17, 15) is 18.0 Å². The van der Waals surface area contributed by atoms with Crippen molar-refractivity contribution in [3.05, 3.63) is 59.2 Å². The number of aryl methyl sites for hydroxylation is 3. The van der Waals surface area contributed by atoms with Gasteiger partial charge in [-0.1, -0.05) is 54.7 Å². The highest BCUT2D eigenvalue weighted by Gasteiger charge is 2.51. The van der Waals surface area contributed by atoms with Gasteiger partial charge in [0.2, 0.25) is 21.8 Å². The lowest BCUT2D eigenvalue weighted by Crippen LogP contribution is -2.71. The van der Waals surface area contributed by atoms with Crippen molar-refractivity contribution in [2.75, 3.05) is 18.0 Å². The van der Waals surface area contributed by atoms with E-state index in [-0.39, 0.29) is 29.9 Å². The molecule has 2 amide bonds. The van der Waals surface area contributed by atoms with E-state index < -0.39 is 21.5 Å². The van der Waals surface area contributed by atoms with Crippen LogP contribution in [-0.4, -0.2) is 49.2 Å². The summed E-state index contributed by atoms with van der Waals surface area (Å²) in [5.41, 5.74) is 2.09. The summed E-state index contributed by atoms with van der Waals surface area (Å²) in [6, 6.07) is 12.3. The predicted octanol–water partition coefficient (Wildman–Crippen LogP) is 3.86. The Labute approximate surface area is 208 Å². The van der Waals surface area contributed by atoms with Gasteiger partial charge in [-0.3, -0.25) is 14.5 Å². The number of nitrogens with one attached hydrogen (secondary N) is 1. The van der Waals surface area contributed by atoms with Crippen molar-refractivity contribution in [1.29, 1.82) is 0 Å². The standard InChI is InChI=1S/C27H35N3O4S/c1-19-10-13-23(14-11-19)35(33,34)29-17-25(31)30(24-15-12-20(2)16-21(24)3)27(4,18-29)26(32)28-22-8-6-5-7-9-22/h10-16,22H,5-9,17-18H2,1-4H3,(H,28,32)/t27-/m1/s1. The van der Waals surface area contributed by atoms with Gasteiger partial charge in [-0.15, -0.1) is 0 Å². The largest absolute Gasteiger partial charge is 0.351 e. The maximum absolute atomic E-state index is 13.8. The number of amides is 2. The molecular formula is C27H35N3O4S. The molecule has 2 aromatic rings. The Morgan fingerprint density at radius 2 is 1.60 bits per heavy atom. The summed E-state index contributed by atoms with van der Waals surface area (Å²) in [7, 11) is -3.97. The number of hydrogen-bond donors (Lipinski definition) is 1. The highest BCUT2D eigenvalue weighted by Crippen LogP contribution is 2.35. The molecule has 4 rings (SSSR count). The summed E-state index contributed by atoms with van der Waals surface area (Å²) in [5.74, 6) is -0.735. The van der Waals surface area contributed by atoms with Crippen molar-refractivity contribution in [3.63, 3.8) is 0 Å². The molecule has 2 aromatic carbocycles. The molecule has 188 valence electrons. The van der Waals surface area contributed by atoms with Gasteiger partial charge >= 0.3 is 0 Å². The van der Waals surface area contributed by atoms with Gasteiger partial charge in [0.05, 0.1) is 11.4 Å². The first-order valence-corrected chi connectivity index (χ1v) is 13.7. The highest BCUT2D eigenvalue weighted by molar-refractivity contribution is 7.89. The number of benzene rings is 2. The number of carbonyl (C=O) groups is 2. The molecule has 2 fully saturated rings. The van der Waals surface area contributed by atoms with Crippen molar-refractivity contribution in [2.24, 2.45) is 0 Å². The monoisotopic (exact) mass is 497 g/mol. The quantitative estimate of drug-likeness (QED) is 0.680. The molecule has 7 nitrogen and oxygen atoms in total. The van der Waals surface area contributed by atoms with E-state index in [0.29, 0.717) is 5.69 Å². The Balaban J connectivity index is 1.74. The summed E-state index contributed by atoms with van der Waals surface area (Å²) < 4.78 is 28.2. The molecule has 1 aliphatic heterocycles. The van der Waals surface area contributed by atoms with Crippen LogP contribution in [0.3, 0.4) is 0 Å². The third-order valence-electron chi connectivity index (χ3n) is 7.22. The molecule has 1 heterocycles. The van der Waals surface area contributed by atoms with Gasteiger partial charge in [-0.25, -0.2) is 8.42 Å². The van der Waals surface area contributed by atoms with Gasteiger partial charge in [-0.2, -0.15) is 4.31 Å². The highest BCUT2D eigenvalue weighted by atomic mass is 32.2. The van der Waals surface area contributed by atoms with E-state index in [0.717, 1.165) is 53.1 Å². The van der Waals surface area contributed by atoms with E-state index in [1.165, 1.54) is 4.90 Å². The van der Waals surface area contributed by atoms with Gasteiger partial charge in [0.1, 0.15) is 5.54 Å². The minimum Gasteiger partial charge on any atom is -0.351 e. The number of carbonyl (C=O) groups excluding carboxylic acids is 2. The average Bonchev–Trinajstić information content (AvgIpc) is 2.81. The number of hydrogen-bond acceptors (Lipinski definition) is 4. The Kier molecular flexibility index (Phi) is 7.06. The van der Waals surface area contributed by atoms with E-state index in [1.807, 2.05) is 39.0 Å². The lowest BCUT2D eigenvalue weighted by molar-refractivity contribution is -0.133. The average molecular weight is 498 g/mol. The molecule has 1 aliphatic carbocycles. The summed E-state index contributed by atoms with van der Waals surface area (Å²) in [5, 5.41) is 3.15. The van der Waals surface area contributed by atoms with Gasteiger partial charge in [0, 0.05) is 18.3 Å². The van der Waals surface area contributed by atoms with Gasteiger partial charge in [0.25, 0.3) is 0 Å². The van der Waals surface area contributed by atoms with Crippen molar-refractivity contribution < 1.29 is 18.0 Å². The van der Waals surface area contributed by atoms with E-state index in [1.54, 1.807) is 31.2 Å². The van der Waals surface area contributed by atoms with Crippen molar-refractivity contribution in [1.82, 2.24) is 9.62 Å². The molecule has 1 saturated carbocycles. The van der Waals surface area contributed by atoms with Crippen LogP contribution in [0.15, 0.2) is 47.4 Å². The van der Waals surface area contributed by atoms with Crippen LogP contribution in [0.5, 0.6) is 0 Å². The fourth-order valence-corrected chi connectivity index (χ4v) is 6.69. The molecule has 35 heavy (non-hydrogen) atoms. The van der Waals surface area contributed by atoms with Gasteiger partial charge < -0.3 is 5.32 Å². The lowest BCUT2D eigenvalue weighted by atomic mass is 9.90. The second kappa shape index (κ2) is 9.74. The van der Waals surface area contributed by atoms with Crippen LogP contribution in [0.1, 0.15) is 55.7 Å². The normalized spacial score (nSPS) is 22.3. The van der Waals surface area contributed by atoms with Crippen LogP contribution in [0.4, 0.5) is 5.69 Å². The Morgan fingerprint density at radius 1 is 0.971 bits per heavy atom. The molecule has 1 saturated heterocycles. The number of rotatable bonds is 5. The van der Waals surface area contributed by atoms with Crippen LogP contribution in [0.25, 0.3) is 0 Å². The predicted molar refractivity (Wildman–Crippen MR) is 137 cm³/mol. The van der Waals surface area contributed by atoms with Crippen LogP contribution in [-0.2, 0) is 19.6 Å². The zero-order chi connectivity index (χ0) is 25.4. The second-order valence-corrected chi connectivity index (χ2v) is 12.1. The minimum atomic E-state index is -3.97. The molecule has 0 unspecified atom stereocenters. The number of piperazine rings is 1. The molecule has 2 aliphatic rings. The third kappa shape index (κ3) is 5.00. The molecular weight excluding hydrogens is 462 g/mol. The second-order valence-electron chi connectivity index (χ2n) is 10.2. The van der Waals surface area contributed by atoms with Crippen LogP contribution in [0, 0.1) is 20.8 Å². The van der Waals surface area contributed by atoms with E-state index in [2.05, 4.69) is 5.32 Å². The fourth-order valence-electron chi connectivity index (χ4n) is 5.21. The van der Waals surface area contributed by atoms with Crippen molar-refractivity contribution in [3.8, 4) is 0 Å². The lowest BCUT2D eigenvalue weighted by Gasteiger charge is -2.47. The number of anilines is 1. The van der Waals surface area contributed by atoms with Crippen LogP contribution < -0.4 is 10.2 Å². The zero-order valence-corrected chi connectivity index (χ0v) is 21.8. The summed E-state index contributed by atoms with van der Waals surface area (Å²) in [6.45, 7) is 7.00. The SMILES string of the molecule is Cc1ccc(S(=O)(=O)N2CC(=O)N(c3ccc(C)cc3C)[C@@](C)(C(=O)NC3CCCCC3)C2)cc1. The maximum Gasteiger partial charge on any atom is 0.247 e. The molecule has 8 heteroatoms. The first kappa shape index (κ1) is 25.4. The molecule has 0 aromatic heterocycles. The molecule has 1 N–H and O–H groups in total. The first-order valence-electron chi connectivity index (χ1n) is 12.3. The zero-order valence-electron chi connectivity index (χ0n) is 21.0. The maximum atomic E-state index is 13.8.